The number of H-pyrrole nitrogens is 1. The minimum Gasteiger partial charge on any atom is -0.464 e. The van der Waals surface area contributed by atoms with Crippen LogP contribution in [0.25, 0.3) is 10.9 Å². The second-order valence-electron chi connectivity index (χ2n) is 7.61. The average molecular weight is 443 g/mol. The molecule has 0 unspecified atom stereocenters. The number of carbonyl (C=O) groups is 2. The molecular weight excluding hydrogens is 416 g/mol. The van der Waals surface area contributed by atoms with Gasteiger partial charge in [-0.15, -0.1) is 0 Å². The fourth-order valence-electron chi connectivity index (χ4n) is 3.97. The first-order valence-corrected chi connectivity index (χ1v) is 10.9. The predicted molar refractivity (Wildman–Crippen MR) is 127 cm³/mol. The van der Waals surface area contributed by atoms with Gasteiger partial charge in [0.25, 0.3) is 0 Å². The zero-order chi connectivity index (χ0) is 23.0. The highest BCUT2D eigenvalue weighted by Crippen LogP contribution is 2.34. The lowest BCUT2D eigenvalue weighted by Gasteiger charge is -2.26. The third-order valence-corrected chi connectivity index (χ3v) is 5.47. The van der Waals surface area contributed by atoms with Crippen LogP contribution in [0.3, 0.4) is 0 Å². The molecule has 4 rings (SSSR count). The highest BCUT2D eigenvalue weighted by Gasteiger charge is 2.35. The Balaban J connectivity index is 1.68. The Morgan fingerprint density at radius 1 is 0.879 bits per heavy atom. The standard InChI is InChI=1S/C27H26N2O4/c1-2-32-26(30)25(29-27(31)33-18-19-11-5-3-6-12-19)24(20-13-7-4-8-14-20)22-17-28-23-16-10-9-15-21(22)23/h3-17,24-25,28H,2,18H2,1H3,(H,29,31)/t24-,25+/m0/s1. The van der Waals surface area contributed by atoms with Crippen LogP contribution in [-0.4, -0.2) is 29.7 Å². The summed E-state index contributed by atoms with van der Waals surface area (Å²) in [7, 11) is 0. The number of aromatic nitrogens is 1. The fraction of sp³-hybridized carbons (Fsp3) is 0.185. The van der Waals surface area contributed by atoms with E-state index in [0.29, 0.717) is 0 Å². The number of hydrogen-bond donors (Lipinski definition) is 2. The molecule has 2 atom stereocenters. The first kappa shape index (κ1) is 22.1. The molecule has 1 heterocycles. The number of carbonyl (C=O) groups excluding carboxylic acids is 2. The Bertz CT molecular complexity index is 1200. The maximum Gasteiger partial charge on any atom is 0.408 e. The number of nitrogens with one attached hydrogen (secondary N) is 2. The van der Waals surface area contributed by atoms with Crippen LogP contribution >= 0.6 is 0 Å². The quantitative estimate of drug-likeness (QED) is 0.370. The van der Waals surface area contributed by atoms with Crippen molar-refractivity contribution in [2.45, 2.75) is 25.5 Å². The minimum absolute atomic E-state index is 0.102. The summed E-state index contributed by atoms with van der Waals surface area (Å²) < 4.78 is 10.8. The molecule has 1 amide bonds. The van der Waals surface area contributed by atoms with E-state index in [-0.39, 0.29) is 13.2 Å². The molecule has 168 valence electrons. The molecule has 0 fully saturated rings. The molecule has 33 heavy (non-hydrogen) atoms. The third kappa shape index (κ3) is 5.23. The lowest BCUT2D eigenvalue weighted by Crippen LogP contribution is -2.46. The number of ether oxygens (including phenoxy) is 2. The first-order valence-electron chi connectivity index (χ1n) is 10.9. The van der Waals surface area contributed by atoms with Crippen molar-refractivity contribution in [3.05, 3.63) is 108 Å². The fourth-order valence-corrected chi connectivity index (χ4v) is 3.97. The summed E-state index contributed by atoms with van der Waals surface area (Å²) in [6.07, 6.45) is 1.20. The molecule has 0 bridgehead atoms. The van der Waals surface area contributed by atoms with Gasteiger partial charge in [0.15, 0.2) is 0 Å². The molecule has 0 saturated carbocycles. The largest absolute Gasteiger partial charge is 0.464 e. The predicted octanol–water partition coefficient (Wildman–Crippen LogP) is 5.16. The number of rotatable bonds is 8. The maximum atomic E-state index is 13.1. The number of fused-ring (bicyclic) bond motifs is 1. The van der Waals surface area contributed by atoms with Crippen LogP contribution in [0, 0.1) is 0 Å². The van der Waals surface area contributed by atoms with Gasteiger partial charge in [-0.2, -0.15) is 0 Å². The molecule has 3 aromatic carbocycles. The molecule has 6 nitrogen and oxygen atoms in total. The molecule has 0 radical (unpaired) electrons. The number of benzene rings is 3. The lowest BCUT2D eigenvalue weighted by molar-refractivity contribution is -0.145. The molecule has 2 N–H and O–H groups in total. The molecule has 6 heteroatoms. The van der Waals surface area contributed by atoms with Crippen molar-refractivity contribution in [3.8, 4) is 0 Å². The van der Waals surface area contributed by atoms with Crippen LogP contribution in [0.2, 0.25) is 0 Å². The zero-order valence-corrected chi connectivity index (χ0v) is 18.4. The topological polar surface area (TPSA) is 80.4 Å². The number of alkyl carbamates (subject to hydrolysis) is 1. The van der Waals surface area contributed by atoms with E-state index >= 15 is 0 Å². The van der Waals surface area contributed by atoms with Crippen LogP contribution < -0.4 is 5.32 Å². The summed E-state index contributed by atoms with van der Waals surface area (Å²) in [6.45, 7) is 2.04. The third-order valence-electron chi connectivity index (χ3n) is 5.47. The summed E-state index contributed by atoms with van der Waals surface area (Å²) in [4.78, 5) is 29.1. The average Bonchev–Trinajstić information content (AvgIpc) is 3.28. The normalized spacial score (nSPS) is 12.6. The van der Waals surface area contributed by atoms with E-state index in [1.54, 1.807) is 6.92 Å². The Labute approximate surface area is 192 Å². The highest BCUT2D eigenvalue weighted by molar-refractivity contribution is 5.88. The Morgan fingerprint density at radius 2 is 1.55 bits per heavy atom. The minimum atomic E-state index is -0.977. The Morgan fingerprint density at radius 3 is 2.27 bits per heavy atom. The van der Waals surface area contributed by atoms with Crippen molar-refractivity contribution in [2.75, 3.05) is 6.61 Å². The smallest absolute Gasteiger partial charge is 0.408 e. The van der Waals surface area contributed by atoms with Crippen LogP contribution in [0.4, 0.5) is 4.79 Å². The summed E-state index contributed by atoms with van der Waals surface area (Å²) in [6, 6.07) is 25.9. The van der Waals surface area contributed by atoms with Crippen LogP contribution in [0.15, 0.2) is 91.1 Å². The Kier molecular flexibility index (Phi) is 7.05. The number of para-hydroxylation sites is 1. The molecular formula is C27H26N2O4. The SMILES string of the molecule is CCOC(=O)[C@H](NC(=O)OCc1ccccc1)[C@@H](c1ccccc1)c1c[nH]c2ccccc12. The molecule has 4 aromatic rings. The number of esters is 1. The Hall–Kier alpha value is -4.06. The summed E-state index contributed by atoms with van der Waals surface area (Å²) in [5.74, 6) is -1.00. The first-order chi connectivity index (χ1) is 16.2. The van der Waals surface area contributed by atoms with Crippen LogP contribution in [0.5, 0.6) is 0 Å². The second-order valence-corrected chi connectivity index (χ2v) is 7.61. The van der Waals surface area contributed by atoms with Gasteiger partial charge >= 0.3 is 12.1 Å². The van der Waals surface area contributed by atoms with Gasteiger partial charge in [-0.3, -0.25) is 0 Å². The van der Waals surface area contributed by atoms with E-state index in [2.05, 4.69) is 10.3 Å². The van der Waals surface area contributed by atoms with Gasteiger partial charge in [-0.05, 0) is 29.7 Å². The van der Waals surface area contributed by atoms with Crippen molar-refractivity contribution in [3.63, 3.8) is 0 Å². The van der Waals surface area contributed by atoms with E-state index in [4.69, 9.17) is 9.47 Å². The summed E-state index contributed by atoms with van der Waals surface area (Å²) in [5, 5.41) is 3.75. The lowest BCUT2D eigenvalue weighted by atomic mass is 9.84. The maximum absolute atomic E-state index is 13.1. The molecule has 0 aliphatic heterocycles. The van der Waals surface area contributed by atoms with Gasteiger partial charge in [-0.25, -0.2) is 9.59 Å². The van der Waals surface area contributed by atoms with Crippen molar-refractivity contribution in [1.82, 2.24) is 10.3 Å². The number of hydrogen-bond acceptors (Lipinski definition) is 4. The number of aromatic amines is 1. The summed E-state index contributed by atoms with van der Waals surface area (Å²) >= 11 is 0. The van der Waals surface area contributed by atoms with Crippen molar-refractivity contribution in [2.24, 2.45) is 0 Å². The van der Waals surface area contributed by atoms with Crippen LogP contribution in [0.1, 0.15) is 29.5 Å². The second kappa shape index (κ2) is 10.5. The van der Waals surface area contributed by atoms with Crippen molar-refractivity contribution < 1.29 is 19.1 Å². The molecule has 1 aromatic heterocycles. The molecule has 0 spiro atoms. The van der Waals surface area contributed by atoms with Crippen LogP contribution in [-0.2, 0) is 20.9 Å². The van der Waals surface area contributed by atoms with Crippen molar-refractivity contribution >= 4 is 23.0 Å². The van der Waals surface area contributed by atoms with Gasteiger partial charge in [0.2, 0.25) is 0 Å². The molecule has 0 saturated heterocycles. The van der Waals surface area contributed by atoms with Gasteiger partial charge < -0.3 is 19.8 Å². The van der Waals surface area contributed by atoms with E-state index in [0.717, 1.165) is 27.6 Å². The van der Waals surface area contributed by atoms with E-state index in [1.165, 1.54) is 0 Å². The van der Waals surface area contributed by atoms with Gasteiger partial charge in [0.05, 0.1) is 6.61 Å². The number of amides is 1. The van der Waals surface area contributed by atoms with E-state index in [1.807, 2.05) is 91.1 Å². The molecule has 0 aliphatic carbocycles. The van der Waals surface area contributed by atoms with Gasteiger partial charge in [0.1, 0.15) is 12.6 Å². The van der Waals surface area contributed by atoms with E-state index in [9.17, 15) is 9.59 Å². The van der Waals surface area contributed by atoms with E-state index < -0.39 is 24.0 Å². The molecule has 0 aliphatic rings. The zero-order valence-electron chi connectivity index (χ0n) is 18.4. The van der Waals surface area contributed by atoms with Crippen molar-refractivity contribution in [1.29, 1.82) is 0 Å². The monoisotopic (exact) mass is 442 g/mol. The highest BCUT2D eigenvalue weighted by atomic mass is 16.6. The summed E-state index contributed by atoms with van der Waals surface area (Å²) in [5.41, 5.74) is 3.57. The van der Waals surface area contributed by atoms with Gasteiger partial charge in [0, 0.05) is 23.0 Å². The van der Waals surface area contributed by atoms with Gasteiger partial charge in [-0.1, -0.05) is 78.9 Å².